The molecular weight excluding hydrogens is 420 g/mol. The number of carbonyl (C=O) groups excluding carboxylic acids is 1. The van der Waals surface area contributed by atoms with Crippen molar-refractivity contribution in [1.82, 2.24) is 14.7 Å². The predicted octanol–water partition coefficient (Wildman–Crippen LogP) is 4.51. The number of hydrogen-bond acceptors (Lipinski definition) is 4. The van der Waals surface area contributed by atoms with Gasteiger partial charge in [0, 0.05) is 18.5 Å². The summed E-state index contributed by atoms with van der Waals surface area (Å²) in [7, 11) is 0. The minimum absolute atomic E-state index is 0.0305. The minimum Gasteiger partial charge on any atom is -0.435 e. The number of urea groups is 1. The number of aromatic nitrogens is 2. The molecular formula is C17H13ClF4N4O3. The molecule has 2 amide bonds. The largest absolute Gasteiger partial charge is 0.435 e. The smallest absolute Gasteiger partial charge is 0.387 e. The van der Waals surface area contributed by atoms with E-state index in [-0.39, 0.29) is 12.2 Å². The molecule has 3 rings (SSSR count). The van der Waals surface area contributed by atoms with Crippen LogP contribution < -0.4 is 20.1 Å². The van der Waals surface area contributed by atoms with E-state index < -0.39 is 30.8 Å². The fourth-order valence-electron chi connectivity index (χ4n) is 2.42. The number of halogens is 5. The number of nitrogens with zero attached hydrogens (tertiary/aromatic N) is 2. The molecule has 0 unspecified atom stereocenters. The Balaban J connectivity index is 1.66. The summed E-state index contributed by atoms with van der Waals surface area (Å²) in [6.07, 6.45) is 3.30. The summed E-state index contributed by atoms with van der Waals surface area (Å²) < 4.78 is 59.8. The van der Waals surface area contributed by atoms with Gasteiger partial charge in [0.2, 0.25) is 0 Å². The average molecular weight is 433 g/mol. The third-order valence-corrected chi connectivity index (χ3v) is 3.76. The van der Waals surface area contributed by atoms with E-state index in [1.165, 1.54) is 0 Å². The molecule has 0 spiro atoms. The number of amides is 2. The van der Waals surface area contributed by atoms with Crippen molar-refractivity contribution in [2.24, 2.45) is 0 Å². The second-order valence-electron chi connectivity index (χ2n) is 5.57. The van der Waals surface area contributed by atoms with E-state index >= 15 is 0 Å². The number of pyridine rings is 1. The fourth-order valence-corrected chi connectivity index (χ4v) is 2.58. The van der Waals surface area contributed by atoms with Crippen LogP contribution in [0.1, 0.15) is 5.69 Å². The lowest BCUT2D eigenvalue weighted by atomic mass is 10.2. The maximum atomic E-state index is 12.6. The number of rotatable bonds is 7. The van der Waals surface area contributed by atoms with Crippen molar-refractivity contribution in [2.75, 3.05) is 5.32 Å². The Hall–Kier alpha value is -3.21. The molecule has 2 N–H and O–H groups in total. The van der Waals surface area contributed by atoms with Gasteiger partial charge >= 0.3 is 19.3 Å². The molecule has 0 aliphatic carbocycles. The van der Waals surface area contributed by atoms with Crippen molar-refractivity contribution >= 4 is 29.0 Å². The molecule has 3 aromatic rings. The lowest BCUT2D eigenvalue weighted by Crippen LogP contribution is -2.28. The van der Waals surface area contributed by atoms with E-state index in [9.17, 15) is 22.4 Å². The maximum Gasteiger partial charge on any atom is 0.387 e. The van der Waals surface area contributed by atoms with Gasteiger partial charge in [-0.3, -0.25) is 0 Å². The monoisotopic (exact) mass is 432 g/mol. The maximum absolute atomic E-state index is 12.6. The Kier molecular flexibility index (Phi) is 6.27. The first kappa shape index (κ1) is 20.5. The Morgan fingerprint density at radius 2 is 1.86 bits per heavy atom. The van der Waals surface area contributed by atoms with Crippen LogP contribution in [0.5, 0.6) is 11.5 Å². The van der Waals surface area contributed by atoms with Crippen LogP contribution in [-0.2, 0) is 6.54 Å². The molecule has 0 bridgehead atoms. The Bertz CT molecular complexity index is 1020. The highest BCUT2D eigenvalue weighted by Crippen LogP contribution is 2.31. The van der Waals surface area contributed by atoms with Crippen molar-refractivity contribution in [2.45, 2.75) is 19.8 Å². The Morgan fingerprint density at radius 1 is 1.10 bits per heavy atom. The molecule has 7 nitrogen and oxygen atoms in total. The molecule has 0 aliphatic heterocycles. The highest BCUT2D eigenvalue weighted by molar-refractivity contribution is 6.30. The lowest BCUT2D eigenvalue weighted by Gasteiger charge is -2.14. The van der Waals surface area contributed by atoms with Crippen molar-refractivity contribution in [1.29, 1.82) is 0 Å². The third kappa shape index (κ3) is 5.64. The highest BCUT2D eigenvalue weighted by Gasteiger charge is 2.15. The van der Waals surface area contributed by atoms with Crippen LogP contribution in [0, 0.1) is 0 Å². The summed E-state index contributed by atoms with van der Waals surface area (Å²) in [5, 5.41) is 5.31. The molecule has 154 valence electrons. The highest BCUT2D eigenvalue weighted by atomic mass is 35.5. The molecule has 29 heavy (non-hydrogen) atoms. The van der Waals surface area contributed by atoms with E-state index in [0.29, 0.717) is 16.4 Å². The number of hydrogen-bond donors (Lipinski definition) is 2. The molecule has 0 radical (unpaired) electrons. The van der Waals surface area contributed by atoms with Crippen LogP contribution in [0.2, 0.25) is 5.02 Å². The van der Waals surface area contributed by atoms with Crippen LogP contribution >= 0.6 is 11.6 Å². The van der Waals surface area contributed by atoms with Gasteiger partial charge < -0.3 is 24.5 Å². The first-order valence-electron chi connectivity index (χ1n) is 8.02. The van der Waals surface area contributed by atoms with Gasteiger partial charge in [-0.1, -0.05) is 11.6 Å². The normalized spacial score (nSPS) is 11.1. The zero-order chi connectivity index (χ0) is 21.0. The van der Waals surface area contributed by atoms with Gasteiger partial charge in [-0.25, -0.2) is 9.78 Å². The van der Waals surface area contributed by atoms with Gasteiger partial charge in [0.1, 0.15) is 11.4 Å². The molecule has 0 fully saturated rings. The van der Waals surface area contributed by atoms with Crippen molar-refractivity contribution in [3.05, 3.63) is 53.4 Å². The van der Waals surface area contributed by atoms with Crippen LogP contribution in [0.3, 0.4) is 0 Å². The van der Waals surface area contributed by atoms with Gasteiger partial charge in [-0.05, 0) is 24.3 Å². The molecule has 2 heterocycles. The SMILES string of the molecule is O=C(NCc1cn2cc(Cl)ccc2n1)Nc1ccc(OC(F)F)cc1OC(F)F. The number of carbonyl (C=O) groups is 1. The van der Waals surface area contributed by atoms with Gasteiger partial charge in [0.25, 0.3) is 0 Å². The summed E-state index contributed by atoms with van der Waals surface area (Å²) >= 11 is 5.89. The quantitative estimate of drug-likeness (QED) is 0.538. The van der Waals surface area contributed by atoms with Crippen molar-refractivity contribution < 1.29 is 31.8 Å². The molecule has 0 saturated heterocycles. The molecule has 0 atom stereocenters. The molecule has 0 aliphatic rings. The number of nitrogens with one attached hydrogen (secondary N) is 2. The van der Waals surface area contributed by atoms with Crippen LogP contribution in [0.25, 0.3) is 5.65 Å². The van der Waals surface area contributed by atoms with E-state index in [2.05, 4.69) is 25.1 Å². The zero-order valence-electron chi connectivity index (χ0n) is 14.4. The van der Waals surface area contributed by atoms with Crippen LogP contribution in [0.15, 0.2) is 42.7 Å². The van der Waals surface area contributed by atoms with Crippen LogP contribution in [-0.4, -0.2) is 28.6 Å². The summed E-state index contributed by atoms with van der Waals surface area (Å²) in [6, 6.07) is 5.61. The van der Waals surface area contributed by atoms with E-state index in [1.807, 2.05) is 0 Å². The summed E-state index contributed by atoms with van der Waals surface area (Å²) in [6.45, 7) is -6.34. The summed E-state index contributed by atoms with van der Waals surface area (Å²) in [4.78, 5) is 16.4. The van der Waals surface area contributed by atoms with Crippen molar-refractivity contribution in [3.63, 3.8) is 0 Å². The molecule has 12 heteroatoms. The van der Waals surface area contributed by atoms with Crippen LogP contribution in [0.4, 0.5) is 28.0 Å². The molecule has 1 aromatic carbocycles. The fraction of sp³-hybridized carbons (Fsp3) is 0.176. The van der Waals surface area contributed by atoms with Gasteiger partial charge in [0.15, 0.2) is 5.75 Å². The standard InChI is InChI=1S/C17H13ClF4N4O3/c18-9-1-4-14-24-10(8-26(14)7-9)6-23-17(27)25-12-3-2-11(28-15(19)20)5-13(12)29-16(21)22/h1-5,7-8,15-16H,6H2,(H2,23,25,27). The number of anilines is 1. The topological polar surface area (TPSA) is 76.9 Å². The number of imidazole rings is 1. The predicted molar refractivity (Wildman–Crippen MR) is 95.8 cm³/mol. The first-order valence-corrected chi connectivity index (χ1v) is 8.39. The number of ether oxygens (including phenoxy) is 2. The second-order valence-corrected chi connectivity index (χ2v) is 6.00. The van der Waals surface area contributed by atoms with Gasteiger partial charge in [-0.15, -0.1) is 0 Å². The Morgan fingerprint density at radius 3 is 2.59 bits per heavy atom. The van der Waals surface area contributed by atoms with E-state index in [0.717, 1.165) is 18.2 Å². The lowest BCUT2D eigenvalue weighted by molar-refractivity contribution is -0.0539. The summed E-state index contributed by atoms with van der Waals surface area (Å²) in [5.41, 5.74) is 0.979. The van der Waals surface area contributed by atoms with Gasteiger partial charge in [-0.2, -0.15) is 17.6 Å². The van der Waals surface area contributed by atoms with E-state index in [4.69, 9.17) is 11.6 Å². The summed E-state index contributed by atoms with van der Waals surface area (Å²) in [5.74, 6) is -0.930. The van der Waals surface area contributed by atoms with E-state index in [1.54, 1.807) is 28.9 Å². The second kappa shape index (κ2) is 8.86. The number of alkyl halides is 4. The molecule has 0 saturated carbocycles. The Labute approximate surface area is 166 Å². The van der Waals surface area contributed by atoms with Gasteiger partial charge in [0.05, 0.1) is 22.9 Å². The molecule has 2 aromatic heterocycles. The third-order valence-electron chi connectivity index (χ3n) is 3.54. The van der Waals surface area contributed by atoms with Crippen molar-refractivity contribution in [3.8, 4) is 11.5 Å². The number of fused-ring (bicyclic) bond motifs is 1. The number of benzene rings is 1. The minimum atomic E-state index is -3.23. The average Bonchev–Trinajstić information content (AvgIpc) is 3.03. The zero-order valence-corrected chi connectivity index (χ0v) is 15.2. The first-order chi connectivity index (χ1) is 13.8.